The van der Waals surface area contributed by atoms with Crippen LogP contribution in [0, 0.1) is 11.6 Å². The number of ketones is 1. The average Bonchev–Trinajstić information content (AvgIpc) is 3.77. The van der Waals surface area contributed by atoms with E-state index >= 15 is 8.78 Å². The van der Waals surface area contributed by atoms with E-state index < -0.39 is 50.6 Å². The molecule has 0 unspecified atom stereocenters. The number of carbonyl (C=O) groups excluding carboxylic acids is 2. The number of pyridine rings is 1. The number of aromatic nitrogens is 2. The highest BCUT2D eigenvalue weighted by molar-refractivity contribution is 7.90. The molecule has 5 aromatic rings. The molecule has 16 heteroatoms. The molecule has 0 bridgehead atoms. The fourth-order valence-corrected chi connectivity index (χ4v) is 8.03. The van der Waals surface area contributed by atoms with Crippen LogP contribution in [-0.2, 0) is 19.7 Å². The van der Waals surface area contributed by atoms with Crippen molar-refractivity contribution in [1.29, 1.82) is 0 Å². The number of rotatable bonds is 9. The molecule has 3 aromatic carbocycles. The first-order valence-electron chi connectivity index (χ1n) is 16.7. The van der Waals surface area contributed by atoms with Gasteiger partial charge >= 0.3 is 10.2 Å². The van der Waals surface area contributed by atoms with Gasteiger partial charge in [0.2, 0.25) is 5.78 Å². The van der Waals surface area contributed by atoms with Gasteiger partial charge in [-0.2, -0.15) is 12.7 Å². The maximum atomic E-state index is 16.0. The van der Waals surface area contributed by atoms with Crippen molar-refractivity contribution in [3.8, 4) is 11.1 Å². The monoisotopic (exact) mass is 783 g/mol. The largest absolute Gasteiger partial charge is 0.371 e. The van der Waals surface area contributed by atoms with Gasteiger partial charge in [0.25, 0.3) is 5.91 Å². The Morgan fingerprint density at radius 1 is 0.962 bits per heavy atom. The second-order valence-corrected chi connectivity index (χ2v) is 15.3. The van der Waals surface area contributed by atoms with Crippen LogP contribution in [0.15, 0.2) is 73.1 Å². The zero-order valence-corrected chi connectivity index (χ0v) is 30.9. The van der Waals surface area contributed by atoms with Gasteiger partial charge < -0.3 is 14.4 Å². The molecule has 53 heavy (non-hydrogen) atoms. The Hall–Kier alpha value is -4.44. The minimum absolute atomic E-state index is 0.00412. The molecule has 2 aliphatic heterocycles. The minimum Gasteiger partial charge on any atom is -0.371 e. The van der Waals surface area contributed by atoms with Crippen LogP contribution in [0.2, 0.25) is 10.0 Å². The number of fused-ring (bicyclic) bond motifs is 1. The number of halogens is 4. The number of hydrogen-bond acceptors (Lipinski definition) is 8. The summed E-state index contributed by atoms with van der Waals surface area (Å²) in [7, 11) is -2.95. The number of piperidine rings is 1. The van der Waals surface area contributed by atoms with E-state index in [0.29, 0.717) is 18.8 Å². The van der Waals surface area contributed by atoms with Crippen molar-refractivity contribution in [3.05, 3.63) is 111 Å². The van der Waals surface area contributed by atoms with E-state index in [1.54, 1.807) is 19.1 Å². The van der Waals surface area contributed by atoms with Crippen LogP contribution in [0.4, 0.5) is 20.2 Å². The SMILES string of the molecule is CCN(C)S(=O)(=O)Nc1ccc(F)c(C(=O)c2cn(C(=O)c3c(Cl)cccc3Cl)c3ncc(-c4ccc(N5CCC6(CC5)OCCO6)cc4)cc23)c1F. The summed E-state index contributed by atoms with van der Waals surface area (Å²) in [5, 5.41) is 0.173. The van der Waals surface area contributed by atoms with E-state index in [2.05, 4.69) is 14.6 Å². The Bertz CT molecular complexity index is 2340. The van der Waals surface area contributed by atoms with E-state index in [0.717, 1.165) is 64.4 Å². The van der Waals surface area contributed by atoms with Gasteiger partial charge in [-0.25, -0.2) is 13.8 Å². The van der Waals surface area contributed by atoms with Gasteiger partial charge in [0.1, 0.15) is 11.5 Å². The van der Waals surface area contributed by atoms with Gasteiger partial charge in [0.15, 0.2) is 11.6 Å². The first kappa shape index (κ1) is 36.9. The zero-order valence-electron chi connectivity index (χ0n) is 28.5. The van der Waals surface area contributed by atoms with Crippen molar-refractivity contribution in [2.75, 3.05) is 49.5 Å². The quantitative estimate of drug-likeness (QED) is 0.156. The second kappa shape index (κ2) is 14.4. The highest BCUT2D eigenvalue weighted by Gasteiger charge is 2.40. The number of benzene rings is 3. The lowest BCUT2D eigenvalue weighted by molar-refractivity contribution is -0.169. The molecule has 1 N–H and O–H groups in total. The zero-order chi connectivity index (χ0) is 37.7. The molecular weight excluding hydrogens is 751 g/mol. The van der Waals surface area contributed by atoms with Crippen LogP contribution in [0.5, 0.6) is 0 Å². The molecule has 276 valence electrons. The molecule has 2 fully saturated rings. The van der Waals surface area contributed by atoms with Crippen LogP contribution in [-0.4, -0.2) is 79.6 Å². The van der Waals surface area contributed by atoms with Gasteiger partial charge in [-0.05, 0) is 48.0 Å². The molecule has 0 saturated carbocycles. The van der Waals surface area contributed by atoms with Crippen molar-refractivity contribution in [2.24, 2.45) is 0 Å². The van der Waals surface area contributed by atoms with Gasteiger partial charge in [0.05, 0.1) is 45.6 Å². The molecule has 2 aromatic heterocycles. The Morgan fingerprint density at radius 3 is 2.26 bits per heavy atom. The number of nitrogens with one attached hydrogen (secondary N) is 1. The van der Waals surface area contributed by atoms with Crippen molar-refractivity contribution >= 4 is 67.5 Å². The van der Waals surface area contributed by atoms with Gasteiger partial charge in [-0.1, -0.05) is 48.3 Å². The van der Waals surface area contributed by atoms with E-state index in [9.17, 15) is 18.0 Å². The first-order valence-corrected chi connectivity index (χ1v) is 18.9. The van der Waals surface area contributed by atoms with Crippen LogP contribution in [0.1, 0.15) is 46.0 Å². The Kier molecular flexibility index (Phi) is 10.0. The van der Waals surface area contributed by atoms with Crippen LogP contribution < -0.4 is 9.62 Å². The molecule has 0 aliphatic carbocycles. The summed E-state index contributed by atoms with van der Waals surface area (Å²) in [6.45, 7) is 4.33. The number of ether oxygens (including phenoxy) is 2. The molecule has 2 aliphatic rings. The Morgan fingerprint density at radius 2 is 1.62 bits per heavy atom. The third-order valence-corrected chi connectivity index (χ3v) is 11.8. The lowest BCUT2D eigenvalue weighted by Gasteiger charge is -2.38. The molecule has 0 atom stereocenters. The molecule has 2 saturated heterocycles. The Labute approximate surface area is 314 Å². The standard InChI is InChI=1S/C37H33Cl2F2N5O6S/c1-3-44(2)53(49,50)43-30-12-11-29(40)32(33(30)41)34(47)26-21-46(36(48)31-27(38)5-4-6-28(31)39)35-25(26)19-23(20-42-35)22-7-9-24(10-8-22)45-15-13-37(14-16-45)51-17-18-52-37/h4-12,19-21,43H,3,13-18H2,1-2H3. The maximum Gasteiger partial charge on any atom is 0.301 e. The highest BCUT2D eigenvalue weighted by Crippen LogP contribution is 2.36. The van der Waals surface area contributed by atoms with Crippen LogP contribution in [0.3, 0.4) is 0 Å². The fourth-order valence-electron chi connectivity index (χ4n) is 6.54. The fraction of sp³-hybridized carbons (Fsp3) is 0.270. The summed E-state index contributed by atoms with van der Waals surface area (Å²) >= 11 is 12.7. The third kappa shape index (κ3) is 6.91. The predicted molar refractivity (Wildman–Crippen MR) is 198 cm³/mol. The second-order valence-electron chi connectivity index (χ2n) is 12.7. The minimum atomic E-state index is -4.23. The summed E-state index contributed by atoms with van der Waals surface area (Å²) in [5.74, 6) is -5.07. The third-order valence-electron chi connectivity index (χ3n) is 9.60. The molecule has 4 heterocycles. The summed E-state index contributed by atoms with van der Waals surface area (Å²) in [5.41, 5.74) is 0.249. The molecule has 0 amide bonds. The van der Waals surface area contributed by atoms with Crippen LogP contribution >= 0.6 is 23.2 Å². The maximum absolute atomic E-state index is 16.0. The normalized spacial score (nSPS) is 15.8. The predicted octanol–water partition coefficient (Wildman–Crippen LogP) is 7.16. The summed E-state index contributed by atoms with van der Waals surface area (Å²) < 4.78 is 72.5. The van der Waals surface area contributed by atoms with E-state index in [4.69, 9.17) is 32.7 Å². The van der Waals surface area contributed by atoms with Gasteiger partial charge in [-0.3, -0.25) is 18.9 Å². The molecule has 11 nitrogen and oxygen atoms in total. The molecule has 0 radical (unpaired) electrons. The summed E-state index contributed by atoms with van der Waals surface area (Å²) in [4.78, 5) is 34.9. The van der Waals surface area contributed by atoms with Crippen molar-refractivity contribution in [3.63, 3.8) is 0 Å². The van der Waals surface area contributed by atoms with Crippen molar-refractivity contribution in [1.82, 2.24) is 13.9 Å². The summed E-state index contributed by atoms with van der Waals surface area (Å²) in [6, 6.07) is 15.5. The number of anilines is 2. The van der Waals surface area contributed by atoms with Gasteiger partial charge in [0, 0.05) is 68.6 Å². The first-order chi connectivity index (χ1) is 25.3. The smallest absolute Gasteiger partial charge is 0.301 e. The molecule has 1 spiro atoms. The lowest BCUT2D eigenvalue weighted by atomic mass is 9.99. The highest BCUT2D eigenvalue weighted by atomic mass is 35.5. The molecule has 7 rings (SSSR count). The number of carbonyl (C=O) groups is 2. The average molecular weight is 785 g/mol. The number of hydrogen-bond donors (Lipinski definition) is 1. The van der Waals surface area contributed by atoms with E-state index in [1.165, 1.54) is 25.4 Å². The Balaban J connectivity index is 1.29. The summed E-state index contributed by atoms with van der Waals surface area (Å²) in [6.07, 6.45) is 4.13. The van der Waals surface area contributed by atoms with Crippen molar-refractivity contribution < 1.29 is 36.3 Å². The molecular formula is C37H33Cl2F2N5O6S. The van der Waals surface area contributed by atoms with E-state index in [-0.39, 0.29) is 38.8 Å². The lowest BCUT2D eigenvalue weighted by Crippen LogP contribution is -2.45. The van der Waals surface area contributed by atoms with Gasteiger partial charge in [-0.15, -0.1) is 0 Å². The topological polar surface area (TPSA) is 123 Å². The van der Waals surface area contributed by atoms with E-state index in [1.807, 2.05) is 24.3 Å². The van der Waals surface area contributed by atoms with Crippen LogP contribution in [0.25, 0.3) is 22.2 Å². The number of nitrogens with zero attached hydrogens (tertiary/aromatic N) is 4. The van der Waals surface area contributed by atoms with Crippen molar-refractivity contribution in [2.45, 2.75) is 25.6 Å².